The summed E-state index contributed by atoms with van der Waals surface area (Å²) in [7, 11) is 1.77. The third-order valence-corrected chi connectivity index (χ3v) is 5.63. The highest BCUT2D eigenvalue weighted by molar-refractivity contribution is 14.0. The molecule has 0 radical (unpaired) electrons. The molecule has 0 atom stereocenters. The Morgan fingerprint density at radius 1 is 1.00 bits per heavy atom. The third kappa shape index (κ3) is 6.72. The van der Waals surface area contributed by atoms with E-state index in [0.29, 0.717) is 24.4 Å². The fourth-order valence-corrected chi connectivity index (χ4v) is 3.85. The highest BCUT2D eigenvalue weighted by Gasteiger charge is 2.20. The zero-order valence-corrected chi connectivity index (χ0v) is 21.4. The quantitative estimate of drug-likeness (QED) is 0.265. The topological polar surface area (TPSA) is 73.1 Å². The number of furan rings is 1. The maximum Gasteiger partial charge on any atom is 0.251 e. The van der Waals surface area contributed by atoms with Crippen molar-refractivity contribution in [1.82, 2.24) is 15.5 Å². The number of rotatable bonds is 6. The lowest BCUT2D eigenvalue weighted by Crippen LogP contribution is -2.52. The molecule has 7 nitrogen and oxygen atoms in total. The smallest absolute Gasteiger partial charge is 0.251 e. The number of carbonyl (C=O) groups excluding carboxylic acids is 1. The average Bonchev–Trinajstić information content (AvgIpc) is 3.38. The van der Waals surface area contributed by atoms with Crippen molar-refractivity contribution in [3.63, 3.8) is 0 Å². The number of benzene rings is 2. The molecule has 0 spiro atoms. The van der Waals surface area contributed by atoms with E-state index in [9.17, 15) is 9.18 Å². The van der Waals surface area contributed by atoms with Crippen molar-refractivity contribution in [3.05, 3.63) is 89.6 Å². The van der Waals surface area contributed by atoms with E-state index in [1.807, 2.05) is 36.4 Å². The Bertz CT molecular complexity index is 1080. The normalized spacial score (nSPS) is 13.9. The number of nitrogens with one attached hydrogen (secondary N) is 2. The molecule has 0 saturated carbocycles. The summed E-state index contributed by atoms with van der Waals surface area (Å²) in [6.07, 6.45) is 1.59. The second-order valence-corrected chi connectivity index (χ2v) is 7.81. The molecule has 2 N–H and O–H groups in total. The molecule has 2 aromatic carbocycles. The molecule has 1 saturated heterocycles. The Hall–Kier alpha value is -3.08. The lowest BCUT2D eigenvalue weighted by Gasteiger charge is -2.37. The Morgan fingerprint density at radius 2 is 1.76 bits per heavy atom. The number of amides is 1. The third-order valence-electron chi connectivity index (χ3n) is 5.63. The molecule has 1 aliphatic rings. The molecule has 1 fully saturated rings. The Balaban J connectivity index is 0.00000324. The van der Waals surface area contributed by atoms with Gasteiger partial charge in [0.25, 0.3) is 5.91 Å². The summed E-state index contributed by atoms with van der Waals surface area (Å²) in [5.41, 5.74) is 2.62. The van der Waals surface area contributed by atoms with Crippen LogP contribution in [0.2, 0.25) is 0 Å². The molecule has 1 aliphatic heterocycles. The number of guanidine groups is 1. The van der Waals surface area contributed by atoms with Crippen LogP contribution in [-0.2, 0) is 13.1 Å². The van der Waals surface area contributed by atoms with Gasteiger partial charge in [-0.2, -0.15) is 0 Å². The van der Waals surface area contributed by atoms with Gasteiger partial charge in [0.2, 0.25) is 0 Å². The summed E-state index contributed by atoms with van der Waals surface area (Å²) in [6, 6.07) is 17.8. The zero-order chi connectivity index (χ0) is 23.0. The maximum absolute atomic E-state index is 13.2. The van der Waals surface area contributed by atoms with Gasteiger partial charge in [0.1, 0.15) is 11.6 Å². The van der Waals surface area contributed by atoms with Crippen LogP contribution in [-0.4, -0.2) is 50.0 Å². The molecule has 9 heteroatoms. The second kappa shape index (κ2) is 12.4. The van der Waals surface area contributed by atoms with Gasteiger partial charge in [-0.1, -0.05) is 12.1 Å². The van der Waals surface area contributed by atoms with E-state index in [-0.39, 0.29) is 35.7 Å². The minimum absolute atomic E-state index is 0. The molecule has 34 heavy (non-hydrogen) atoms. The van der Waals surface area contributed by atoms with Gasteiger partial charge in [-0.15, -0.1) is 24.0 Å². The highest BCUT2D eigenvalue weighted by atomic mass is 127. The van der Waals surface area contributed by atoms with E-state index in [2.05, 4.69) is 25.4 Å². The predicted octanol–water partition coefficient (Wildman–Crippen LogP) is 3.86. The number of carbonyl (C=O) groups is 1. The van der Waals surface area contributed by atoms with E-state index in [0.717, 1.165) is 43.4 Å². The molecule has 3 aromatic rings. The van der Waals surface area contributed by atoms with Crippen molar-refractivity contribution in [1.29, 1.82) is 0 Å². The van der Waals surface area contributed by atoms with Crippen LogP contribution in [0.25, 0.3) is 0 Å². The first-order valence-corrected chi connectivity index (χ1v) is 11.0. The summed E-state index contributed by atoms with van der Waals surface area (Å²) in [5, 5.41) is 6.27. The number of aliphatic imine (C=N–C) groups is 1. The first kappa shape index (κ1) is 25.5. The number of nitrogens with zero attached hydrogens (tertiary/aromatic N) is 3. The van der Waals surface area contributed by atoms with Crippen molar-refractivity contribution < 1.29 is 13.6 Å². The summed E-state index contributed by atoms with van der Waals surface area (Å²) in [4.78, 5) is 21.3. The van der Waals surface area contributed by atoms with Crippen molar-refractivity contribution in [2.45, 2.75) is 13.1 Å². The number of hydrogen-bond donors (Lipinski definition) is 2. The first-order chi connectivity index (χ1) is 16.1. The maximum atomic E-state index is 13.2. The fourth-order valence-electron chi connectivity index (χ4n) is 3.85. The number of piperazine rings is 1. The van der Waals surface area contributed by atoms with Crippen molar-refractivity contribution in [3.8, 4) is 0 Å². The summed E-state index contributed by atoms with van der Waals surface area (Å²) >= 11 is 0. The molecule has 0 bridgehead atoms. The second-order valence-electron chi connectivity index (χ2n) is 7.81. The van der Waals surface area contributed by atoms with Crippen molar-refractivity contribution >= 4 is 41.5 Å². The van der Waals surface area contributed by atoms with Crippen LogP contribution in [0.5, 0.6) is 0 Å². The average molecular weight is 577 g/mol. The van der Waals surface area contributed by atoms with Gasteiger partial charge >= 0.3 is 0 Å². The lowest BCUT2D eigenvalue weighted by atomic mass is 10.1. The Kier molecular flexibility index (Phi) is 9.32. The lowest BCUT2D eigenvalue weighted by molar-refractivity contribution is 0.0948. The van der Waals surface area contributed by atoms with Crippen LogP contribution in [0.3, 0.4) is 0 Å². The van der Waals surface area contributed by atoms with E-state index >= 15 is 0 Å². The molecule has 4 rings (SSSR count). The van der Waals surface area contributed by atoms with Gasteiger partial charge in [0.15, 0.2) is 5.96 Å². The van der Waals surface area contributed by atoms with E-state index in [1.165, 1.54) is 12.1 Å². The number of anilines is 1. The largest absolute Gasteiger partial charge is 0.467 e. The van der Waals surface area contributed by atoms with Crippen LogP contribution in [0.1, 0.15) is 21.7 Å². The molecular weight excluding hydrogens is 548 g/mol. The van der Waals surface area contributed by atoms with E-state index in [4.69, 9.17) is 4.42 Å². The van der Waals surface area contributed by atoms with E-state index in [1.54, 1.807) is 25.4 Å². The standard InChI is InChI=1S/C25H28FN5O2.HI/c1-27-25(31-13-11-30(12-14-31)22-9-7-21(26)8-10-22)29-17-19-4-2-5-20(16-19)24(32)28-18-23-6-3-15-33-23;/h2-10,15-16H,11-14,17-18H2,1H3,(H,27,29)(H,28,32);1H. The predicted molar refractivity (Wildman–Crippen MR) is 142 cm³/mol. The molecule has 2 heterocycles. The van der Waals surface area contributed by atoms with Crippen LogP contribution in [0.15, 0.2) is 76.3 Å². The Labute approximate surface area is 216 Å². The van der Waals surface area contributed by atoms with Crippen LogP contribution in [0, 0.1) is 5.82 Å². The van der Waals surface area contributed by atoms with Gasteiger partial charge in [-0.05, 0) is 54.1 Å². The van der Waals surface area contributed by atoms with E-state index < -0.39 is 0 Å². The molecular formula is C25H29FIN5O2. The fraction of sp³-hybridized carbons (Fsp3) is 0.280. The number of hydrogen-bond acceptors (Lipinski definition) is 4. The number of halogens is 2. The summed E-state index contributed by atoms with van der Waals surface area (Å²) in [5.74, 6) is 1.17. The molecule has 1 aromatic heterocycles. The SMILES string of the molecule is CN=C(NCc1cccc(C(=O)NCc2ccco2)c1)N1CCN(c2ccc(F)cc2)CC1.I. The van der Waals surface area contributed by atoms with Gasteiger partial charge < -0.3 is 24.9 Å². The molecule has 180 valence electrons. The van der Waals surface area contributed by atoms with Crippen LogP contribution in [0.4, 0.5) is 10.1 Å². The molecule has 0 unspecified atom stereocenters. The van der Waals surface area contributed by atoms with Crippen molar-refractivity contribution in [2.24, 2.45) is 4.99 Å². The summed E-state index contributed by atoms with van der Waals surface area (Å²) in [6.45, 7) is 4.20. The molecule has 0 aliphatic carbocycles. The monoisotopic (exact) mass is 577 g/mol. The minimum Gasteiger partial charge on any atom is -0.467 e. The van der Waals surface area contributed by atoms with Crippen LogP contribution < -0.4 is 15.5 Å². The van der Waals surface area contributed by atoms with Gasteiger partial charge in [0, 0.05) is 51.0 Å². The van der Waals surface area contributed by atoms with Gasteiger partial charge in [-0.25, -0.2) is 4.39 Å². The Morgan fingerprint density at radius 3 is 2.44 bits per heavy atom. The van der Waals surface area contributed by atoms with Gasteiger partial charge in [0.05, 0.1) is 12.8 Å². The minimum atomic E-state index is -0.221. The zero-order valence-electron chi connectivity index (χ0n) is 19.0. The summed E-state index contributed by atoms with van der Waals surface area (Å²) < 4.78 is 18.4. The van der Waals surface area contributed by atoms with Crippen molar-refractivity contribution in [2.75, 3.05) is 38.1 Å². The highest BCUT2D eigenvalue weighted by Crippen LogP contribution is 2.17. The van der Waals surface area contributed by atoms with Crippen LogP contribution >= 0.6 is 24.0 Å². The van der Waals surface area contributed by atoms with Gasteiger partial charge in [-0.3, -0.25) is 9.79 Å². The molecule has 1 amide bonds. The first-order valence-electron chi connectivity index (χ1n) is 11.0.